The highest BCUT2D eigenvalue weighted by atomic mass is 16.7. The normalized spacial score (nSPS) is 28.5. The van der Waals surface area contributed by atoms with Crippen molar-refractivity contribution in [1.29, 1.82) is 0 Å². The highest BCUT2D eigenvalue weighted by Crippen LogP contribution is 2.49. The molecule has 1 unspecified atom stereocenters. The molecule has 0 saturated carbocycles. The molecule has 0 amide bonds. The van der Waals surface area contributed by atoms with E-state index in [1.807, 2.05) is 0 Å². The predicted octanol–water partition coefficient (Wildman–Crippen LogP) is 0.240. The third-order valence-electron chi connectivity index (χ3n) is 8.19. The summed E-state index contributed by atoms with van der Waals surface area (Å²) in [4.78, 5) is 40.8. The van der Waals surface area contributed by atoms with Crippen LogP contribution < -0.4 is 15.2 Å². The van der Waals surface area contributed by atoms with Crippen molar-refractivity contribution < 1.29 is 58.5 Å². The molecule has 6 atom stereocenters. The molecule has 13 nitrogen and oxygen atoms in total. The predicted molar refractivity (Wildman–Crippen MR) is 142 cm³/mol. The van der Waals surface area contributed by atoms with E-state index in [1.165, 1.54) is 31.2 Å². The van der Waals surface area contributed by atoms with Gasteiger partial charge in [-0.15, -0.1) is 0 Å². The molecule has 3 aliphatic rings. The Morgan fingerprint density at radius 1 is 1.07 bits per heavy atom. The first-order chi connectivity index (χ1) is 20.1. The quantitative estimate of drug-likeness (QED) is 0.213. The third-order valence-corrected chi connectivity index (χ3v) is 8.19. The van der Waals surface area contributed by atoms with Crippen molar-refractivity contribution in [2.24, 2.45) is 5.73 Å². The number of aliphatic hydroxyl groups excluding tert-OH is 4. The molecule has 13 heteroatoms. The number of nitrogens with two attached hydrogens (primary N) is 1. The highest BCUT2D eigenvalue weighted by molar-refractivity contribution is 6.30. The van der Waals surface area contributed by atoms with Crippen LogP contribution in [-0.4, -0.2) is 88.3 Å². The summed E-state index contributed by atoms with van der Waals surface area (Å²) in [6.45, 7) is 0.552. The van der Waals surface area contributed by atoms with Crippen LogP contribution in [-0.2, 0) is 25.4 Å². The van der Waals surface area contributed by atoms with Gasteiger partial charge < -0.3 is 49.8 Å². The molecule has 1 aliphatic heterocycles. The minimum atomic E-state index is -1.61. The van der Waals surface area contributed by atoms with Crippen molar-refractivity contribution in [2.45, 2.75) is 69.4 Å². The Labute approximate surface area is 240 Å². The minimum Gasteiger partial charge on any atom is -0.467 e. The first kappa shape index (κ1) is 30.2. The Balaban J connectivity index is 1.70. The Hall–Kier alpha value is -3.27. The van der Waals surface area contributed by atoms with E-state index in [2.05, 4.69) is 0 Å². The molecule has 5 rings (SSSR count). The van der Waals surface area contributed by atoms with E-state index in [4.69, 9.17) is 29.4 Å². The van der Waals surface area contributed by atoms with Crippen molar-refractivity contribution in [2.75, 3.05) is 20.4 Å². The molecule has 226 valence electrons. The van der Waals surface area contributed by atoms with Crippen molar-refractivity contribution in [1.82, 2.24) is 0 Å². The lowest BCUT2D eigenvalue weighted by Gasteiger charge is -2.43. The highest BCUT2D eigenvalue weighted by Gasteiger charge is 2.49. The second-order valence-electron chi connectivity index (χ2n) is 10.6. The van der Waals surface area contributed by atoms with Gasteiger partial charge >= 0.3 is 0 Å². The summed E-state index contributed by atoms with van der Waals surface area (Å²) < 4.78 is 28.6. The number of benzene rings is 2. The second kappa shape index (κ2) is 11.8. The summed E-state index contributed by atoms with van der Waals surface area (Å²) in [5, 5.41) is 39.2. The van der Waals surface area contributed by atoms with E-state index < -0.39 is 74.0 Å². The van der Waals surface area contributed by atoms with Gasteiger partial charge in [0.05, 0.1) is 29.4 Å². The monoisotopic (exact) mass is 587 g/mol. The lowest BCUT2D eigenvalue weighted by molar-refractivity contribution is -0.250. The average Bonchev–Trinajstić information content (AvgIpc) is 2.95. The minimum absolute atomic E-state index is 0.00590. The lowest BCUT2D eigenvalue weighted by Crippen LogP contribution is -2.53. The van der Waals surface area contributed by atoms with Crippen LogP contribution in [0, 0.1) is 0 Å². The molecule has 2 aromatic carbocycles. The van der Waals surface area contributed by atoms with Gasteiger partial charge in [-0.2, -0.15) is 0 Å². The smallest absolute Gasteiger partial charge is 0.198 e. The number of fused-ring (bicyclic) bond motifs is 3. The maximum atomic E-state index is 13.9. The van der Waals surface area contributed by atoms with E-state index >= 15 is 0 Å². The molecular formula is C29H33NO12. The van der Waals surface area contributed by atoms with Crippen molar-refractivity contribution in [3.8, 4) is 11.5 Å². The van der Waals surface area contributed by atoms with E-state index in [1.54, 1.807) is 6.92 Å². The van der Waals surface area contributed by atoms with Gasteiger partial charge in [-0.25, -0.2) is 0 Å². The fraction of sp³-hybridized carbons (Fsp3) is 0.483. The number of carbonyl (C=O) groups excluding carboxylic acids is 3. The number of ether oxygens (including phenoxy) is 5. The van der Waals surface area contributed by atoms with Crippen molar-refractivity contribution >= 4 is 17.3 Å². The molecular weight excluding hydrogens is 554 g/mol. The zero-order valence-electron chi connectivity index (χ0n) is 23.1. The molecule has 1 heterocycles. The van der Waals surface area contributed by atoms with Crippen LogP contribution in [0.2, 0.25) is 0 Å². The Morgan fingerprint density at radius 3 is 2.43 bits per heavy atom. The summed E-state index contributed by atoms with van der Waals surface area (Å²) >= 11 is 0. The van der Waals surface area contributed by atoms with Crippen LogP contribution in [0.3, 0.4) is 0 Å². The van der Waals surface area contributed by atoms with E-state index in [-0.39, 0.29) is 58.6 Å². The van der Waals surface area contributed by atoms with E-state index in [0.717, 1.165) is 0 Å². The lowest BCUT2D eigenvalue weighted by atomic mass is 9.72. The van der Waals surface area contributed by atoms with E-state index in [0.29, 0.717) is 5.56 Å². The number of hydrogen-bond donors (Lipinski definition) is 5. The summed E-state index contributed by atoms with van der Waals surface area (Å²) in [6.07, 6.45) is -3.65. The molecule has 0 radical (unpaired) electrons. The number of carbonyl (C=O) groups is 3. The number of hydrogen-bond acceptors (Lipinski definition) is 13. The fourth-order valence-electron chi connectivity index (χ4n) is 6.08. The Morgan fingerprint density at radius 2 is 1.79 bits per heavy atom. The van der Waals surface area contributed by atoms with Crippen LogP contribution in [0.1, 0.15) is 75.8 Å². The van der Waals surface area contributed by atoms with Gasteiger partial charge in [-0.1, -0.05) is 12.1 Å². The van der Waals surface area contributed by atoms with E-state index in [9.17, 15) is 34.8 Å². The summed E-state index contributed by atoms with van der Waals surface area (Å²) in [5.74, 6) is -1.74. The first-order valence-corrected chi connectivity index (χ1v) is 13.5. The molecule has 0 aromatic heterocycles. The van der Waals surface area contributed by atoms with Gasteiger partial charge in [-0.05, 0) is 31.5 Å². The first-order valence-electron chi connectivity index (χ1n) is 13.5. The average molecular weight is 588 g/mol. The molecule has 42 heavy (non-hydrogen) atoms. The van der Waals surface area contributed by atoms with Crippen molar-refractivity contribution in [3.63, 3.8) is 0 Å². The number of aliphatic hydroxyl groups is 4. The van der Waals surface area contributed by atoms with Crippen LogP contribution in [0.4, 0.5) is 0 Å². The molecule has 2 aliphatic carbocycles. The maximum absolute atomic E-state index is 13.9. The molecule has 2 aromatic rings. The SMILES string of the molecule is CC(=O)[C@]1(OCO)Cc2c(cc3c(c2OCO)C(=O)c2cccc(OCO)c2C3=O)C(O[C@H]2C[C@H](N)[C@@H](O)[C@@H](C)O2)C1. The zero-order valence-corrected chi connectivity index (χ0v) is 23.1. The van der Waals surface area contributed by atoms with Crippen LogP contribution in [0.25, 0.3) is 0 Å². The molecule has 1 fully saturated rings. The largest absolute Gasteiger partial charge is 0.467 e. The van der Waals surface area contributed by atoms with Crippen LogP contribution in [0.5, 0.6) is 11.5 Å². The number of rotatable bonds is 9. The maximum Gasteiger partial charge on any atom is 0.198 e. The standard InChI is InChI=1S/C29H33NO12/c1-13-25(35)19(30)7-22(41-13)42-21-9-29(14(2)34,40-12-33)8-18-16(21)6-17-24(28(18)39-11-32)26(36)15-4-3-5-20(38-10-31)23(15)27(17)37/h3-6,13,19,21-22,25,31-33,35H,7-12,30H2,1-2H3/t13-,19+,21?,22+,25+,29+/m1/s1. The fourth-order valence-corrected chi connectivity index (χ4v) is 6.08. The van der Waals surface area contributed by atoms with Gasteiger partial charge in [0.15, 0.2) is 37.2 Å². The van der Waals surface area contributed by atoms with Gasteiger partial charge in [-0.3, -0.25) is 14.4 Å². The molecule has 0 spiro atoms. The molecule has 0 bridgehead atoms. The second-order valence-corrected chi connectivity index (χ2v) is 10.6. The summed E-state index contributed by atoms with van der Waals surface area (Å²) in [6, 6.07) is 5.20. The van der Waals surface area contributed by atoms with Crippen molar-refractivity contribution in [3.05, 3.63) is 57.6 Å². The molecule has 6 N–H and O–H groups in total. The van der Waals surface area contributed by atoms with Gasteiger partial charge in [0.1, 0.15) is 23.9 Å². The topological polar surface area (TPSA) is 204 Å². The van der Waals surface area contributed by atoms with Gasteiger partial charge in [0.2, 0.25) is 0 Å². The van der Waals surface area contributed by atoms with Gasteiger partial charge in [0, 0.05) is 42.0 Å². The third kappa shape index (κ3) is 5.01. The Bertz CT molecular complexity index is 1400. The Kier molecular flexibility index (Phi) is 8.47. The zero-order chi connectivity index (χ0) is 30.3. The van der Waals surface area contributed by atoms with Gasteiger partial charge in [0.25, 0.3) is 0 Å². The summed E-state index contributed by atoms with van der Waals surface area (Å²) in [5.41, 5.74) is 4.90. The molecule has 1 saturated heterocycles. The number of Topliss-reactive ketones (excluding diaryl/α,β-unsaturated/α-hetero) is 1. The van der Waals surface area contributed by atoms with Crippen LogP contribution in [0.15, 0.2) is 24.3 Å². The number of ketones is 3. The van der Waals surface area contributed by atoms with Crippen LogP contribution >= 0.6 is 0 Å². The summed E-state index contributed by atoms with van der Waals surface area (Å²) in [7, 11) is 0.